The third-order valence-corrected chi connectivity index (χ3v) is 17.0. The van der Waals surface area contributed by atoms with Crippen LogP contribution in [-0.4, -0.2) is 150 Å². The van der Waals surface area contributed by atoms with Crippen LogP contribution in [0.3, 0.4) is 0 Å². The van der Waals surface area contributed by atoms with Crippen LogP contribution in [0, 0.1) is 5.92 Å². The fourth-order valence-electron chi connectivity index (χ4n) is 8.64. The summed E-state index contributed by atoms with van der Waals surface area (Å²) >= 11 is 6.82. The van der Waals surface area contributed by atoms with Crippen LogP contribution < -0.4 is 15.0 Å². The average molecular weight is 1020 g/mol. The highest BCUT2D eigenvalue weighted by Crippen LogP contribution is 2.50. The molecule has 0 saturated carbocycles. The van der Waals surface area contributed by atoms with Crippen molar-refractivity contribution in [2.75, 3.05) is 52.1 Å². The fourth-order valence-corrected chi connectivity index (χ4v) is 11.6. The summed E-state index contributed by atoms with van der Waals surface area (Å²) in [5.74, 6) is -2.56. The summed E-state index contributed by atoms with van der Waals surface area (Å²) in [5.41, 5.74) is -0.761. The van der Waals surface area contributed by atoms with Gasteiger partial charge in [-0.1, -0.05) is 63.9 Å². The Morgan fingerprint density at radius 3 is 2.48 bits per heavy atom. The van der Waals surface area contributed by atoms with Crippen molar-refractivity contribution in [3.05, 3.63) is 58.7 Å². The van der Waals surface area contributed by atoms with E-state index in [9.17, 15) is 38.7 Å². The molecule has 4 heterocycles. The van der Waals surface area contributed by atoms with Crippen LogP contribution in [0.4, 0.5) is 5.69 Å². The number of imide groups is 1. The molecule has 0 radical (unpaired) electrons. The van der Waals surface area contributed by atoms with Gasteiger partial charge in [-0.2, -0.15) is 0 Å². The summed E-state index contributed by atoms with van der Waals surface area (Å²) < 4.78 is 29.4. The van der Waals surface area contributed by atoms with Crippen LogP contribution in [0.5, 0.6) is 5.75 Å². The number of carbonyl (C=O) groups excluding carboxylic acids is 7. The van der Waals surface area contributed by atoms with Gasteiger partial charge in [0.25, 0.3) is 11.8 Å². The number of nitrogens with zero attached hydrogens (tertiary/aromatic N) is 3. The standard InChI is InChI=1S/C49H67ClN4O13S2/c1-29-13-11-14-36(64-10)49(62)27-35(65-43(60)28-49)30(2)45-48(6,67-45)37(26-42(59)53(8)33-24-32(23-29)25-34(63-9)44(33)50)66-46(61)31(3)52(7)39(56)18-19-47(4,5)69-68-22-12-15-38(55)51-20-21-54-40(57)16-17-41(54)58/h11,13-14,16-17,24-25,30-31,35-37,45,62H,12,15,18-23,26-28H2,1-10H3,(H,51,55)/b14-11+,29-13+/t30-,31+,35+,36-,37+,45+,48+,49-/m1/s1. The maximum atomic E-state index is 14.3. The molecule has 4 aliphatic rings. The summed E-state index contributed by atoms with van der Waals surface area (Å²) in [6.07, 6.45) is 5.58. The second-order valence-corrected chi connectivity index (χ2v) is 22.5. The van der Waals surface area contributed by atoms with Gasteiger partial charge in [-0.05, 0) is 71.6 Å². The monoisotopic (exact) mass is 1020 g/mol. The van der Waals surface area contributed by atoms with Gasteiger partial charge in [-0.15, -0.1) is 0 Å². The number of anilines is 1. The summed E-state index contributed by atoms with van der Waals surface area (Å²) in [4.78, 5) is 94.6. The number of esters is 2. The predicted octanol–water partition coefficient (Wildman–Crippen LogP) is 5.53. The molecule has 2 N–H and O–H groups in total. The highest BCUT2D eigenvalue weighted by atomic mass is 35.5. The maximum Gasteiger partial charge on any atom is 0.328 e. The van der Waals surface area contributed by atoms with E-state index in [1.807, 2.05) is 33.8 Å². The van der Waals surface area contributed by atoms with Crippen molar-refractivity contribution >= 4 is 80.4 Å². The molecular formula is C49H67ClN4O13S2. The molecule has 0 unspecified atom stereocenters. The Balaban J connectivity index is 1.24. The Labute approximate surface area is 417 Å². The molecule has 0 aliphatic carbocycles. The minimum Gasteiger partial charge on any atom is -0.495 e. The van der Waals surface area contributed by atoms with Gasteiger partial charge in [0.1, 0.15) is 46.3 Å². The van der Waals surface area contributed by atoms with Gasteiger partial charge in [-0.3, -0.25) is 33.7 Å². The van der Waals surface area contributed by atoms with Crippen molar-refractivity contribution in [3.63, 3.8) is 0 Å². The quantitative estimate of drug-likeness (QED) is 0.0647. The largest absolute Gasteiger partial charge is 0.495 e. The van der Waals surface area contributed by atoms with Gasteiger partial charge in [0, 0.05) is 82.1 Å². The predicted molar refractivity (Wildman–Crippen MR) is 264 cm³/mol. The molecule has 1 aromatic rings. The fraction of sp³-hybridized carbons (Fsp3) is 0.612. The van der Waals surface area contributed by atoms with Gasteiger partial charge in [0.05, 0.1) is 31.7 Å². The lowest BCUT2D eigenvalue weighted by atomic mass is 9.78. The van der Waals surface area contributed by atoms with Crippen LogP contribution in [0.25, 0.3) is 0 Å². The number of fused-ring (bicyclic) bond motifs is 5. The summed E-state index contributed by atoms with van der Waals surface area (Å²) in [5, 5.41) is 14.9. The Hall–Kier alpha value is -4.40. The Morgan fingerprint density at radius 1 is 1.12 bits per heavy atom. The highest BCUT2D eigenvalue weighted by molar-refractivity contribution is 8.77. The van der Waals surface area contributed by atoms with Crippen molar-refractivity contribution in [1.82, 2.24) is 15.1 Å². The lowest BCUT2D eigenvalue weighted by molar-refractivity contribution is -0.187. The molecule has 1 aromatic carbocycles. The normalized spacial score (nSPS) is 28.0. The first-order valence-corrected chi connectivity index (χ1v) is 25.8. The summed E-state index contributed by atoms with van der Waals surface area (Å²) in [7, 11) is 9.23. The van der Waals surface area contributed by atoms with Gasteiger partial charge in [0.2, 0.25) is 17.7 Å². The molecule has 380 valence electrons. The first-order valence-electron chi connectivity index (χ1n) is 23.1. The van der Waals surface area contributed by atoms with Crippen LogP contribution in [-0.2, 0) is 58.9 Å². The highest BCUT2D eigenvalue weighted by Gasteiger charge is 2.64. The van der Waals surface area contributed by atoms with Crippen molar-refractivity contribution in [2.24, 2.45) is 5.92 Å². The molecule has 5 amide bonds. The minimum absolute atomic E-state index is 0.0308. The third-order valence-electron chi connectivity index (χ3n) is 13.2. The molecule has 0 aromatic heterocycles. The topological polar surface area (TPSA) is 211 Å². The molecular weight excluding hydrogens is 952 g/mol. The van der Waals surface area contributed by atoms with E-state index < -0.39 is 77.2 Å². The van der Waals surface area contributed by atoms with Crippen LogP contribution in [0.2, 0.25) is 5.02 Å². The number of nitrogens with one attached hydrogen (secondary N) is 1. The molecule has 4 bridgehead atoms. The number of carbonyl (C=O) groups is 7. The number of hydrogen-bond donors (Lipinski definition) is 2. The molecule has 17 nitrogen and oxygen atoms in total. The second-order valence-electron chi connectivity index (χ2n) is 19.0. The number of methoxy groups -OCH3 is 2. The first kappa shape index (κ1) is 55.5. The summed E-state index contributed by atoms with van der Waals surface area (Å²) in [6, 6.07) is 2.53. The molecule has 2 saturated heterocycles. The van der Waals surface area contributed by atoms with Crippen LogP contribution in [0.15, 0.2) is 48.1 Å². The number of rotatable bonds is 17. The lowest BCUT2D eigenvalue weighted by Gasteiger charge is -2.41. The zero-order valence-corrected chi connectivity index (χ0v) is 43.6. The molecule has 5 rings (SSSR count). The first-order chi connectivity index (χ1) is 32.4. The van der Waals surface area contributed by atoms with Gasteiger partial charge in [-0.25, -0.2) is 4.79 Å². The molecule has 4 aliphatic heterocycles. The Kier molecular flexibility index (Phi) is 19.1. The smallest absolute Gasteiger partial charge is 0.328 e. The number of aliphatic hydroxyl groups is 1. The number of likely N-dealkylation sites (N-methyl/N-ethyl adjacent to an activating group) is 1. The average Bonchev–Trinajstić information content (AvgIpc) is 3.90. The van der Waals surface area contributed by atoms with Crippen LogP contribution >= 0.6 is 33.2 Å². The molecule has 69 heavy (non-hydrogen) atoms. The van der Waals surface area contributed by atoms with E-state index in [-0.39, 0.29) is 66.8 Å². The van der Waals surface area contributed by atoms with E-state index >= 15 is 0 Å². The van der Waals surface area contributed by atoms with E-state index in [1.165, 1.54) is 43.2 Å². The number of hydrogen-bond acceptors (Lipinski definition) is 15. The number of epoxide rings is 1. The maximum absolute atomic E-state index is 14.3. The van der Waals surface area contributed by atoms with Crippen molar-refractivity contribution in [2.45, 2.75) is 139 Å². The summed E-state index contributed by atoms with van der Waals surface area (Å²) in [6.45, 7) is 11.3. The molecule has 8 atom stereocenters. The van der Waals surface area contributed by atoms with Crippen LogP contribution in [0.1, 0.15) is 92.1 Å². The van der Waals surface area contributed by atoms with E-state index in [0.717, 1.165) is 16.0 Å². The number of allylic oxidation sites excluding steroid dienone is 3. The Bertz CT molecular complexity index is 2200. The molecule has 20 heteroatoms. The van der Waals surface area contributed by atoms with Gasteiger partial charge in [0.15, 0.2) is 0 Å². The van der Waals surface area contributed by atoms with Crippen molar-refractivity contribution < 1.29 is 62.4 Å². The van der Waals surface area contributed by atoms with E-state index in [2.05, 4.69) is 5.32 Å². The Morgan fingerprint density at radius 2 is 1.81 bits per heavy atom. The second kappa shape index (κ2) is 23.7. The number of ether oxygens (including phenoxy) is 5. The zero-order valence-electron chi connectivity index (χ0n) is 41.2. The van der Waals surface area contributed by atoms with E-state index in [1.54, 1.807) is 66.8 Å². The molecule has 0 spiro atoms. The number of halogens is 1. The third kappa shape index (κ3) is 14.1. The van der Waals surface area contributed by atoms with Gasteiger partial charge < -0.3 is 43.9 Å². The lowest BCUT2D eigenvalue weighted by Crippen LogP contribution is -2.53. The SMILES string of the molecule is COc1cc2cc(c1Cl)N(C)C(=O)C[C@H](OC(=O)[C@H](C)N(C)C(=O)CCC(C)(C)SSCCCC(=O)NCCN1C(=O)C=CC1=O)[C@]1(C)O[C@H]1[C@H](C)[C@@H]1C[C@@](O)(CC(=O)O1)[C@H](OC)/C=C/C=C(\C)C2. The van der Waals surface area contributed by atoms with E-state index in [0.29, 0.717) is 36.5 Å². The molecule has 2 fully saturated rings. The van der Waals surface area contributed by atoms with Crippen molar-refractivity contribution in [3.8, 4) is 5.75 Å². The van der Waals surface area contributed by atoms with Gasteiger partial charge >= 0.3 is 11.9 Å². The number of benzene rings is 1. The minimum atomic E-state index is -1.61. The van der Waals surface area contributed by atoms with E-state index in [4.69, 9.17) is 35.3 Å². The zero-order chi connectivity index (χ0) is 51.0. The number of amides is 5. The van der Waals surface area contributed by atoms with Crippen molar-refractivity contribution in [1.29, 1.82) is 0 Å².